The lowest BCUT2D eigenvalue weighted by Gasteiger charge is -2.33. The number of aliphatic carboxylic acids is 1. The maximum atomic E-state index is 12.8. The smallest absolute Gasteiger partial charge is 0.308 e. The van der Waals surface area contributed by atoms with Gasteiger partial charge in [0.25, 0.3) is 10.0 Å². The first-order valence-corrected chi connectivity index (χ1v) is 11.6. The first-order valence-electron chi connectivity index (χ1n) is 9.37. The van der Waals surface area contributed by atoms with Crippen LogP contribution >= 0.6 is 11.3 Å². The van der Waals surface area contributed by atoms with E-state index in [0.717, 1.165) is 17.9 Å². The molecule has 1 aromatic carbocycles. The SMILES string of the molecule is CC(C)c1ccc(CN2CCN(S(=O)(=O)c3ccc(CC(=O)O)s3)CC2)cc1. The number of nitrogens with zero attached hydrogens (tertiary/aromatic N) is 2. The van der Waals surface area contributed by atoms with Gasteiger partial charge in [0.1, 0.15) is 4.21 Å². The molecule has 0 spiro atoms. The summed E-state index contributed by atoms with van der Waals surface area (Å²) >= 11 is 1.04. The van der Waals surface area contributed by atoms with Gasteiger partial charge in [-0.2, -0.15) is 4.31 Å². The molecule has 0 atom stereocenters. The predicted molar refractivity (Wildman–Crippen MR) is 110 cm³/mol. The molecule has 28 heavy (non-hydrogen) atoms. The largest absolute Gasteiger partial charge is 0.481 e. The molecule has 1 aromatic heterocycles. The fourth-order valence-electron chi connectivity index (χ4n) is 3.26. The Bertz CT molecular complexity index is 912. The highest BCUT2D eigenvalue weighted by molar-refractivity contribution is 7.91. The van der Waals surface area contributed by atoms with Crippen molar-refractivity contribution in [3.8, 4) is 0 Å². The molecule has 8 heteroatoms. The summed E-state index contributed by atoms with van der Waals surface area (Å²) in [6.07, 6.45) is -0.149. The van der Waals surface area contributed by atoms with E-state index in [1.165, 1.54) is 21.5 Å². The zero-order chi connectivity index (χ0) is 20.3. The topological polar surface area (TPSA) is 77.9 Å². The summed E-state index contributed by atoms with van der Waals surface area (Å²) in [5.74, 6) is -0.447. The molecular weight excluding hydrogens is 396 g/mol. The standard InChI is InChI=1S/C20H26N2O4S2/c1-15(2)17-5-3-16(4-6-17)14-21-9-11-22(12-10-21)28(25,26)20-8-7-18(27-20)13-19(23)24/h3-8,15H,9-14H2,1-2H3,(H,23,24). The second-order valence-corrected chi connectivity index (χ2v) is 10.7. The molecule has 6 nitrogen and oxygen atoms in total. The van der Waals surface area contributed by atoms with Gasteiger partial charge in [0.15, 0.2) is 0 Å². The maximum Gasteiger partial charge on any atom is 0.308 e. The second kappa shape index (κ2) is 8.73. The van der Waals surface area contributed by atoms with Gasteiger partial charge in [-0.05, 0) is 29.2 Å². The predicted octanol–water partition coefficient (Wildman–Crippen LogP) is 3.01. The van der Waals surface area contributed by atoms with Crippen LogP contribution in [0.2, 0.25) is 0 Å². The zero-order valence-corrected chi connectivity index (χ0v) is 17.8. The highest BCUT2D eigenvalue weighted by Crippen LogP contribution is 2.26. The molecule has 2 aromatic rings. The van der Waals surface area contributed by atoms with Crippen molar-refractivity contribution in [2.75, 3.05) is 26.2 Å². The molecule has 0 unspecified atom stereocenters. The number of benzene rings is 1. The van der Waals surface area contributed by atoms with Crippen LogP contribution in [0.3, 0.4) is 0 Å². The van der Waals surface area contributed by atoms with Crippen LogP contribution in [0, 0.1) is 0 Å². The Kier molecular flexibility index (Phi) is 6.54. The molecule has 1 aliphatic rings. The molecular formula is C20H26N2O4S2. The number of carboxylic acids is 1. The Hall–Kier alpha value is -1.74. The van der Waals surface area contributed by atoms with Crippen molar-refractivity contribution >= 4 is 27.3 Å². The van der Waals surface area contributed by atoms with Crippen molar-refractivity contribution in [3.05, 3.63) is 52.4 Å². The van der Waals surface area contributed by atoms with Crippen LogP contribution in [0.25, 0.3) is 0 Å². The van der Waals surface area contributed by atoms with E-state index in [9.17, 15) is 13.2 Å². The lowest BCUT2D eigenvalue weighted by Crippen LogP contribution is -2.48. The summed E-state index contributed by atoms with van der Waals surface area (Å²) in [7, 11) is -3.56. The minimum absolute atomic E-state index is 0.149. The molecule has 0 amide bonds. The molecule has 2 heterocycles. The van der Waals surface area contributed by atoms with E-state index in [2.05, 4.69) is 43.0 Å². The maximum absolute atomic E-state index is 12.8. The van der Waals surface area contributed by atoms with E-state index < -0.39 is 16.0 Å². The molecule has 1 aliphatic heterocycles. The van der Waals surface area contributed by atoms with Gasteiger partial charge >= 0.3 is 5.97 Å². The molecule has 1 saturated heterocycles. The first-order chi connectivity index (χ1) is 13.3. The van der Waals surface area contributed by atoms with Gasteiger partial charge in [-0.3, -0.25) is 9.69 Å². The second-order valence-electron chi connectivity index (χ2n) is 7.37. The van der Waals surface area contributed by atoms with Crippen molar-refractivity contribution in [2.45, 2.75) is 36.9 Å². The molecule has 1 fully saturated rings. The van der Waals surface area contributed by atoms with E-state index >= 15 is 0 Å². The Morgan fingerprint density at radius 2 is 1.71 bits per heavy atom. The third-order valence-corrected chi connectivity index (χ3v) is 8.39. The van der Waals surface area contributed by atoms with Crippen LogP contribution in [0.15, 0.2) is 40.6 Å². The number of sulfonamides is 1. The molecule has 152 valence electrons. The van der Waals surface area contributed by atoms with Crippen molar-refractivity contribution in [3.63, 3.8) is 0 Å². The van der Waals surface area contributed by atoms with E-state index in [-0.39, 0.29) is 10.6 Å². The Labute approximate surface area is 170 Å². The van der Waals surface area contributed by atoms with Gasteiger partial charge in [0.05, 0.1) is 6.42 Å². The fraction of sp³-hybridized carbons (Fsp3) is 0.450. The highest BCUT2D eigenvalue weighted by atomic mass is 32.2. The van der Waals surface area contributed by atoms with Crippen molar-refractivity contribution in [2.24, 2.45) is 0 Å². The first kappa shape index (κ1) is 21.0. The fourth-order valence-corrected chi connectivity index (χ4v) is 6.19. The lowest BCUT2D eigenvalue weighted by atomic mass is 10.0. The molecule has 0 aliphatic carbocycles. The van der Waals surface area contributed by atoms with E-state index in [1.54, 1.807) is 6.07 Å². The quantitative estimate of drug-likeness (QED) is 0.742. The normalized spacial score (nSPS) is 16.5. The van der Waals surface area contributed by atoms with Gasteiger partial charge in [-0.1, -0.05) is 38.1 Å². The Morgan fingerprint density at radius 3 is 2.29 bits per heavy atom. The van der Waals surface area contributed by atoms with Crippen molar-refractivity contribution in [1.29, 1.82) is 0 Å². The number of carboxylic acid groups (broad SMARTS) is 1. The Morgan fingerprint density at radius 1 is 1.07 bits per heavy atom. The van der Waals surface area contributed by atoms with Crippen LogP contribution in [0.1, 0.15) is 35.8 Å². The van der Waals surface area contributed by atoms with Crippen LogP contribution in [-0.2, 0) is 27.8 Å². The summed E-state index contributed by atoms with van der Waals surface area (Å²) in [5, 5.41) is 8.86. The summed E-state index contributed by atoms with van der Waals surface area (Å²) in [6, 6.07) is 11.7. The molecule has 0 radical (unpaired) electrons. The van der Waals surface area contributed by atoms with Gasteiger partial charge < -0.3 is 5.11 Å². The van der Waals surface area contributed by atoms with E-state index in [1.807, 2.05) is 0 Å². The van der Waals surface area contributed by atoms with Crippen molar-refractivity contribution < 1.29 is 18.3 Å². The third-order valence-electron chi connectivity index (χ3n) is 4.94. The minimum Gasteiger partial charge on any atom is -0.481 e. The molecule has 0 bridgehead atoms. The van der Waals surface area contributed by atoms with Gasteiger partial charge in [-0.15, -0.1) is 11.3 Å². The molecule has 3 rings (SSSR count). The number of rotatable bonds is 7. The summed E-state index contributed by atoms with van der Waals surface area (Å²) < 4.78 is 27.4. The number of carbonyl (C=O) groups is 1. The Balaban J connectivity index is 1.58. The number of hydrogen-bond acceptors (Lipinski definition) is 5. The third kappa shape index (κ3) is 5.00. The van der Waals surface area contributed by atoms with E-state index in [4.69, 9.17) is 5.11 Å². The molecule has 1 N–H and O–H groups in total. The zero-order valence-electron chi connectivity index (χ0n) is 16.2. The molecule has 0 saturated carbocycles. The van der Waals surface area contributed by atoms with Gasteiger partial charge in [0.2, 0.25) is 0 Å². The van der Waals surface area contributed by atoms with Gasteiger partial charge in [-0.25, -0.2) is 8.42 Å². The number of thiophene rings is 1. The van der Waals surface area contributed by atoms with E-state index in [0.29, 0.717) is 37.0 Å². The van der Waals surface area contributed by atoms with Crippen LogP contribution < -0.4 is 0 Å². The van der Waals surface area contributed by atoms with Crippen LogP contribution in [0.4, 0.5) is 0 Å². The summed E-state index contributed by atoms with van der Waals surface area (Å²) in [4.78, 5) is 13.6. The van der Waals surface area contributed by atoms with Crippen LogP contribution in [-0.4, -0.2) is 54.9 Å². The summed E-state index contributed by atoms with van der Waals surface area (Å²) in [6.45, 7) is 7.40. The summed E-state index contributed by atoms with van der Waals surface area (Å²) in [5.41, 5.74) is 2.55. The lowest BCUT2D eigenvalue weighted by molar-refractivity contribution is -0.136. The van der Waals surface area contributed by atoms with Crippen molar-refractivity contribution in [1.82, 2.24) is 9.21 Å². The number of hydrogen-bond donors (Lipinski definition) is 1. The average Bonchev–Trinajstić information content (AvgIpc) is 3.11. The van der Waals surface area contributed by atoms with Crippen LogP contribution in [0.5, 0.6) is 0 Å². The average molecular weight is 423 g/mol. The highest BCUT2D eigenvalue weighted by Gasteiger charge is 2.29. The number of piperazine rings is 1. The monoisotopic (exact) mass is 422 g/mol. The van der Waals surface area contributed by atoms with Gasteiger partial charge in [0, 0.05) is 37.6 Å². The minimum atomic E-state index is -3.56.